The summed E-state index contributed by atoms with van der Waals surface area (Å²) >= 11 is 0.987. The van der Waals surface area contributed by atoms with Crippen molar-refractivity contribution in [3.05, 3.63) is 16.3 Å². The molecule has 0 unspecified atom stereocenters. The normalized spacial score (nSPS) is 11.4. The number of anilines is 1. The van der Waals surface area contributed by atoms with Gasteiger partial charge in [0.05, 0.1) is 0 Å². The van der Waals surface area contributed by atoms with E-state index in [4.69, 9.17) is 11.5 Å². The summed E-state index contributed by atoms with van der Waals surface area (Å²) in [5.41, 5.74) is 10.0. The molecule has 0 fully saturated rings. The first kappa shape index (κ1) is 10.3. The lowest BCUT2D eigenvalue weighted by Crippen LogP contribution is -2.39. The summed E-state index contributed by atoms with van der Waals surface area (Å²) in [7, 11) is 1.24. The summed E-state index contributed by atoms with van der Waals surface area (Å²) in [6.07, 6.45) is 0. The third-order valence-electron chi connectivity index (χ3n) is 1.37. The Bertz CT molecular complexity index is 386. The minimum Gasteiger partial charge on any atom is -0.709 e. The molecule has 76 valence electrons. The van der Waals surface area contributed by atoms with E-state index in [2.05, 4.69) is 9.99 Å². The quantitative estimate of drug-likeness (QED) is 0.285. The van der Waals surface area contributed by atoms with Gasteiger partial charge in [-0.2, -0.15) is 0 Å². The van der Waals surface area contributed by atoms with E-state index in [-0.39, 0.29) is 16.5 Å². The highest BCUT2D eigenvalue weighted by atomic mass is 32.1. The molecule has 0 aliphatic heterocycles. The zero-order valence-electron chi connectivity index (χ0n) is 7.26. The van der Waals surface area contributed by atoms with E-state index in [1.54, 1.807) is 0 Å². The molecule has 4 N–H and O–H groups in total. The number of primary amides is 1. The summed E-state index contributed by atoms with van der Waals surface area (Å²) in [6.45, 7) is 0. The van der Waals surface area contributed by atoms with E-state index in [0.717, 1.165) is 11.3 Å². The van der Waals surface area contributed by atoms with Crippen LogP contribution in [0.25, 0.3) is 0 Å². The van der Waals surface area contributed by atoms with Crippen molar-refractivity contribution in [2.45, 2.75) is 0 Å². The minimum atomic E-state index is -0.853. The van der Waals surface area contributed by atoms with E-state index >= 15 is 0 Å². The lowest BCUT2D eigenvalue weighted by molar-refractivity contribution is -0.586. The van der Waals surface area contributed by atoms with Gasteiger partial charge in [-0.15, -0.1) is 0 Å². The zero-order valence-corrected chi connectivity index (χ0v) is 8.08. The monoisotopic (exact) mass is 216 g/mol. The maximum Gasteiger partial charge on any atom is 0.335 e. The van der Waals surface area contributed by atoms with Crippen molar-refractivity contribution in [3.63, 3.8) is 0 Å². The van der Waals surface area contributed by atoms with Gasteiger partial charge in [0.25, 0.3) is 5.91 Å². The number of rotatable bonds is 3. The Labute approximate surface area is 83.1 Å². The highest BCUT2D eigenvalue weighted by Crippen LogP contribution is 2.09. The van der Waals surface area contributed by atoms with Crippen LogP contribution in [0.15, 0.2) is 10.5 Å². The molecule has 0 aromatic carbocycles. The third kappa shape index (κ3) is 1.74. The van der Waals surface area contributed by atoms with Crippen molar-refractivity contribution in [2.75, 3.05) is 12.8 Å². The van der Waals surface area contributed by atoms with Crippen LogP contribution in [0.3, 0.4) is 0 Å². The third-order valence-corrected chi connectivity index (χ3v) is 2.12. The number of nitrogens with two attached hydrogens (primary N) is 2. The van der Waals surface area contributed by atoms with Crippen LogP contribution in [0.1, 0.15) is 5.69 Å². The number of hydrogen-bond donors (Lipinski definition) is 2. The van der Waals surface area contributed by atoms with Gasteiger partial charge in [0, 0.05) is 5.38 Å². The van der Waals surface area contributed by atoms with Crippen LogP contribution in [0, 0.1) is 5.21 Å². The summed E-state index contributed by atoms with van der Waals surface area (Å²) in [5, 5.41) is 16.0. The van der Waals surface area contributed by atoms with Gasteiger partial charge in [0.2, 0.25) is 5.71 Å². The van der Waals surface area contributed by atoms with Gasteiger partial charge < -0.3 is 15.8 Å². The Hall–Kier alpha value is -1.83. The van der Waals surface area contributed by atoms with Gasteiger partial charge in [-0.3, -0.25) is 10.5 Å². The Kier molecular flexibility index (Phi) is 2.87. The molecule has 0 radical (unpaired) electrons. The number of amides is 1. The Morgan fingerprint density at radius 3 is 2.79 bits per heavy atom. The number of carbonyl (C=O) groups is 1. The molecule has 0 aliphatic carbocycles. The molecular weight excluding hydrogens is 208 g/mol. The van der Waals surface area contributed by atoms with Crippen molar-refractivity contribution in [1.29, 1.82) is 0 Å². The van der Waals surface area contributed by atoms with Crippen molar-refractivity contribution < 1.29 is 14.4 Å². The highest BCUT2D eigenvalue weighted by molar-refractivity contribution is 7.13. The maximum atomic E-state index is 11.2. The first-order chi connectivity index (χ1) is 6.57. The molecule has 1 heterocycles. The molecule has 8 heteroatoms. The molecule has 14 heavy (non-hydrogen) atoms. The van der Waals surface area contributed by atoms with Crippen LogP contribution in [0.5, 0.6) is 0 Å². The lowest BCUT2D eigenvalue weighted by Gasteiger charge is -2.03. The fourth-order valence-corrected chi connectivity index (χ4v) is 1.43. The molecule has 1 amide bonds. The number of aromatic nitrogens is 1. The van der Waals surface area contributed by atoms with Crippen LogP contribution in [0.2, 0.25) is 0 Å². The van der Waals surface area contributed by atoms with E-state index in [1.807, 2.05) is 0 Å². The first-order valence-corrected chi connectivity index (χ1v) is 4.33. The second kappa shape index (κ2) is 3.92. The Balaban J connectivity index is 3.19. The summed E-state index contributed by atoms with van der Waals surface area (Å²) in [6, 6.07) is 0. The fraction of sp³-hybridized carbons (Fsp3) is 0.167. The Morgan fingerprint density at radius 2 is 2.43 bits per heavy atom. The van der Waals surface area contributed by atoms with E-state index < -0.39 is 5.91 Å². The second-order valence-corrected chi connectivity index (χ2v) is 3.13. The van der Waals surface area contributed by atoms with Gasteiger partial charge in [0.1, 0.15) is 7.11 Å². The molecular formula is C6H8N4O3S. The second-order valence-electron chi connectivity index (χ2n) is 2.24. The molecule has 1 aromatic heterocycles. The molecule has 7 nitrogen and oxygen atoms in total. The van der Waals surface area contributed by atoms with E-state index in [1.165, 1.54) is 12.5 Å². The molecule has 0 saturated carbocycles. The molecule has 0 aliphatic rings. The van der Waals surface area contributed by atoms with Gasteiger partial charge in [-0.05, 0) is 0 Å². The number of nitrogens with zero attached hydrogens (tertiary/aromatic N) is 2. The van der Waals surface area contributed by atoms with Crippen molar-refractivity contribution in [2.24, 2.45) is 10.9 Å². The fourth-order valence-electron chi connectivity index (χ4n) is 0.792. The number of hydrogen-bond acceptors (Lipinski definition) is 6. The number of carbonyl (C=O) groups excluding carboxylic acids is 1. The summed E-state index contributed by atoms with van der Waals surface area (Å²) < 4.78 is 0.368. The predicted molar refractivity (Wildman–Crippen MR) is 50.4 cm³/mol. The first-order valence-electron chi connectivity index (χ1n) is 3.45. The van der Waals surface area contributed by atoms with E-state index in [0.29, 0.717) is 4.73 Å². The topological polar surface area (TPSA) is 118 Å². The largest absolute Gasteiger partial charge is 0.709 e. The molecule has 0 atom stereocenters. The number of thiazole rings is 1. The molecule has 1 rings (SSSR count). The Morgan fingerprint density at radius 1 is 1.79 bits per heavy atom. The molecule has 1 aromatic rings. The van der Waals surface area contributed by atoms with Crippen LogP contribution in [-0.4, -0.2) is 18.7 Å². The standard InChI is InChI=1S/C6H8N4O3S/c1-13-9-4(5(7)11)3-2-14-6(8)10(3)12/h2H,8H2,1H3,(H2,7,11). The van der Waals surface area contributed by atoms with Gasteiger partial charge in [0.15, 0.2) is 5.69 Å². The van der Waals surface area contributed by atoms with Gasteiger partial charge in [-0.25, -0.2) is 4.73 Å². The summed E-state index contributed by atoms with van der Waals surface area (Å²) in [5.74, 6) is -0.853. The van der Waals surface area contributed by atoms with E-state index in [9.17, 15) is 10.0 Å². The number of nitrogen functional groups attached to an aromatic ring is 1. The van der Waals surface area contributed by atoms with Crippen molar-refractivity contribution >= 4 is 28.1 Å². The minimum absolute atomic E-state index is 0.00468. The average molecular weight is 216 g/mol. The SMILES string of the molecule is CON=C(C(N)=O)c1csc(N)[n+]1[O-]. The molecule has 0 bridgehead atoms. The van der Waals surface area contributed by atoms with Crippen molar-refractivity contribution in [1.82, 2.24) is 0 Å². The number of oxime groups is 1. The van der Waals surface area contributed by atoms with Crippen molar-refractivity contribution in [3.8, 4) is 0 Å². The lowest BCUT2D eigenvalue weighted by atomic mass is 10.3. The average Bonchev–Trinajstić information content (AvgIpc) is 2.44. The molecule has 0 spiro atoms. The van der Waals surface area contributed by atoms with Crippen LogP contribution in [-0.2, 0) is 9.63 Å². The van der Waals surface area contributed by atoms with Gasteiger partial charge >= 0.3 is 5.13 Å². The maximum absolute atomic E-state index is 11.2. The summed E-state index contributed by atoms with van der Waals surface area (Å²) in [4.78, 5) is 15.3. The molecule has 0 saturated heterocycles. The van der Waals surface area contributed by atoms with Gasteiger partial charge in [-0.1, -0.05) is 16.5 Å². The van der Waals surface area contributed by atoms with Crippen LogP contribution >= 0.6 is 11.3 Å². The van der Waals surface area contributed by atoms with Crippen LogP contribution < -0.4 is 16.2 Å². The zero-order chi connectivity index (χ0) is 10.7. The predicted octanol–water partition coefficient (Wildman–Crippen LogP) is -1.20. The van der Waals surface area contributed by atoms with Crippen LogP contribution in [0.4, 0.5) is 5.13 Å². The smallest absolute Gasteiger partial charge is 0.335 e. The highest BCUT2D eigenvalue weighted by Gasteiger charge is 2.20.